The van der Waals surface area contributed by atoms with Gasteiger partial charge in [-0.15, -0.1) is 0 Å². The third-order valence-electron chi connectivity index (χ3n) is 5.72. The summed E-state index contributed by atoms with van der Waals surface area (Å²) in [5.74, 6) is 1.81. The molecule has 0 aliphatic rings. The largest absolute Gasteiger partial charge is 0.463 e. The molecule has 0 saturated carbocycles. The highest BCUT2D eigenvalue weighted by Crippen LogP contribution is 2.32. The Labute approximate surface area is 213 Å². The number of carbonyl (C=O) groups is 2. The van der Waals surface area contributed by atoms with Crippen LogP contribution in [0.1, 0.15) is 20.3 Å². The van der Waals surface area contributed by atoms with Crippen LogP contribution in [-0.2, 0) is 4.79 Å². The van der Waals surface area contributed by atoms with Crippen molar-refractivity contribution in [3.05, 3.63) is 55.0 Å². The van der Waals surface area contributed by atoms with Crippen LogP contribution in [0.25, 0.3) is 33.9 Å². The lowest BCUT2D eigenvalue weighted by Gasteiger charge is -2.25. The van der Waals surface area contributed by atoms with Crippen molar-refractivity contribution < 1.29 is 18.4 Å². The molecule has 0 spiro atoms. The third kappa shape index (κ3) is 5.71. The fraction of sp³-hybridized carbons (Fsp3) is 0.308. The van der Waals surface area contributed by atoms with Crippen molar-refractivity contribution in [1.82, 2.24) is 20.2 Å². The Balaban J connectivity index is 1.58. The number of nitrogens with one attached hydrogen (secondary N) is 2. The molecule has 0 fully saturated rings. The van der Waals surface area contributed by atoms with E-state index in [1.807, 2.05) is 26.2 Å². The number of furan rings is 2. The number of amides is 3. The van der Waals surface area contributed by atoms with E-state index >= 15 is 0 Å². The number of anilines is 1. The van der Waals surface area contributed by atoms with E-state index in [9.17, 15) is 9.59 Å². The lowest BCUT2D eigenvalue weighted by molar-refractivity contribution is -0.132. The van der Waals surface area contributed by atoms with Crippen molar-refractivity contribution >= 4 is 40.4 Å². The van der Waals surface area contributed by atoms with Gasteiger partial charge in [-0.2, -0.15) is 11.8 Å². The monoisotopic (exact) mass is 507 g/mol. The zero-order valence-corrected chi connectivity index (χ0v) is 21.3. The molecule has 0 aliphatic heterocycles. The molecule has 0 bridgehead atoms. The minimum Gasteiger partial charge on any atom is -0.463 e. The number of likely N-dealkylation sites (N-methyl/N-ethyl adjacent to an activating group) is 1. The van der Waals surface area contributed by atoms with Gasteiger partial charge >= 0.3 is 6.03 Å². The van der Waals surface area contributed by atoms with Gasteiger partial charge in [0.1, 0.15) is 17.4 Å². The van der Waals surface area contributed by atoms with Gasteiger partial charge in [-0.25, -0.2) is 14.8 Å². The normalized spacial score (nSPS) is 11.9. The van der Waals surface area contributed by atoms with Gasteiger partial charge in [-0.1, -0.05) is 0 Å². The molecule has 36 heavy (non-hydrogen) atoms. The van der Waals surface area contributed by atoms with E-state index in [0.717, 1.165) is 5.75 Å². The molecule has 188 valence electrons. The van der Waals surface area contributed by atoms with Crippen LogP contribution in [0.4, 0.5) is 10.5 Å². The molecule has 3 heterocycles. The van der Waals surface area contributed by atoms with Gasteiger partial charge in [0, 0.05) is 18.8 Å². The standard InChI is InChI=1S/C26H29N5O4S/c1-4-31(5-2)25(32)19(12-15-36-3)30-26(33)27-17-10-11-18-20(16-17)29-24(22-9-7-14-35-22)23(28-18)21-8-6-13-34-21/h6-11,13-14,16,19H,4-5,12,15H2,1-3H3,(H2,27,30,33)/t19-/m0/s1. The van der Waals surface area contributed by atoms with E-state index < -0.39 is 12.1 Å². The lowest BCUT2D eigenvalue weighted by Crippen LogP contribution is -2.50. The number of fused-ring (bicyclic) bond motifs is 1. The summed E-state index contributed by atoms with van der Waals surface area (Å²) in [6.07, 6.45) is 5.68. The molecule has 10 heteroatoms. The lowest BCUT2D eigenvalue weighted by atomic mass is 10.1. The van der Waals surface area contributed by atoms with E-state index in [2.05, 4.69) is 10.6 Å². The molecule has 4 rings (SSSR count). The van der Waals surface area contributed by atoms with Crippen LogP contribution in [0.5, 0.6) is 0 Å². The van der Waals surface area contributed by atoms with Crippen LogP contribution in [0.2, 0.25) is 0 Å². The maximum absolute atomic E-state index is 12.9. The maximum Gasteiger partial charge on any atom is 0.319 e. The summed E-state index contributed by atoms with van der Waals surface area (Å²) in [5.41, 5.74) is 2.84. The van der Waals surface area contributed by atoms with Gasteiger partial charge in [-0.05, 0) is 74.7 Å². The summed E-state index contributed by atoms with van der Waals surface area (Å²) in [6, 6.07) is 11.4. The predicted octanol–water partition coefficient (Wildman–Crippen LogP) is 5.26. The van der Waals surface area contributed by atoms with Gasteiger partial charge in [-0.3, -0.25) is 4.79 Å². The molecule has 1 aromatic carbocycles. The van der Waals surface area contributed by atoms with Crippen LogP contribution in [0.15, 0.2) is 63.8 Å². The quantitative estimate of drug-likeness (QED) is 0.301. The minimum absolute atomic E-state index is 0.0814. The van der Waals surface area contributed by atoms with Crippen LogP contribution in [-0.4, -0.2) is 57.9 Å². The summed E-state index contributed by atoms with van der Waals surface area (Å²) >= 11 is 1.63. The molecule has 2 N–H and O–H groups in total. The van der Waals surface area contributed by atoms with Crippen molar-refractivity contribution in [3.63, 3.8) is 0 Å². The molecule has 0 saturated heterocycles. The number of thioether (sulfide) groups is 1. The Bertz CT molecular complexity index is 1300. The molecular formula is C26H29N5O4S. The Morgan fingerprint density at radius 3 is 2.17 bits per heavy atom. The second-order valence-corrected chi connectivity index (χ2v) is 9.01. The summed E-state index contributed by atoms with van der Waals surface area (Å²) in [5, 5.41) is 5.67. The first-order valence-electron chi connectivity index (χ1n) is 11.8. The topological polar surface area (TPSA) is 114 Å². The second-order valence-electron chi connectivity index (χ2n) is 8.02. The summed E-state index contributed by atoms with van der Waals surface area (Å²) in [6.45, 7) is 5.04. The number of urea groups is 1. The molecular weight excluding hydrogens is 478 g/mol. The number of carbonyl (C=O) groups excluding carboxylic acids is 2. The average molecular weight is 508 g/mol. The first-order chi connectivity index (χ1) is 17.5. The zero-order chi connectivity index (χ0) is 25.5. The average Bonchev–Trinajstić information content (AvgIpc) is 3.61. The van der Waals surface area contributed by atoms with Crippen LogP contribution in [0, 0.1) is 0 Å². The minimum atomic E-state index is -0.598. The van der Waals surface area contributed by atoms with Crippen molar-refractivity contribution in [2.75, 3.05) is 30.4 Å². The predicted molar refractivity (Wildman–Crippen MR) is 142 cm³/mol. The Morgan fingerprint density at radius 1 is 0.972 bits per heavy atom. The Kier molecular flexibility index (Phi) is 8.27. The van der Waals surface area contributed by atoms with Gasteiger partial charge in [0.05, 0.1) is 23.6 Å². The number of aromatic nitrogens is 2. The Hall–Kier alpha value is -3.79. The van der Waals surface area contributed by atoms with E-state index in [0.29, 0.717) is 59.1 Å². The third-order valence-corrected chi connectivity index (χ3v) is 6.36. The van der Waals surface area contributed by atoms with E-state index in [4.69, 9.17) is 18.8 Å². The number of benzene rings is 1. The zero-order valence-electron chi connectivity index (χ0n) is 20.5. The first-order valence-corrected chi connectivity index (χ1v) is 13.2. The maximum atomic E-state index is 12.9. The van der Waals surface area contributed by atoms with Crippen LogP contribution < -0.4 is 10.6 Å². The van der Waals surface area contributed by atoms with Gasteiger partial charge < -0.3 is 24.4 Å². The summed E-state index contributed by atoms with van der Waals surface area (Å²) < 4.78 is 11.1. The van der Waals surface area contributed by atoms with Crippen molar-refractivity contribution in [2.45, 2.75) is 26.3 Å². The highest BCUT2D eigenvalue weighted by atomic mass is 32.2. The fourth-order valence-corrected chi connectivity index (χ4v) is 4.35. The van der Waals surface area contributed by atoms with Gasteiger partial charge in [0.25, 0.3) is 0 Å². The Morgan fingerprint density at radius 2 is 1.61 bits per heavy atom. The van der Waals surface area contributed by atoms with Gasteiger partial charge in [0.2, 0.25) is 5.91 Å². The molecule has 1 atom stereocenters. The summed E-state index contributed by atoms with van der Waals surface area (Å²) in [7, 11) is 0. The molecule has 9 nitrogen and oxygen atoms in total. The SMILES string of the molecule is CCN(CC)C(=O)[C@H](CCSC)NC(=O)Nc1ccc2nc(-c3ccco3)c(-c3ccco3)nc2c1. The number of hydrogen-bond acceptors (Lipinski definition) is 7. The number of rotatable bonds is 10. The van der Waals surface area contributed by atoms with Crippen LogP contribution >= 0.6 is 11.8 Å². The molecule has 0 unspecified atom stereocenters. The molecule has 3 amide bonds. The number of nitrogens with zero attached hydrogens (tertiary/aromatic N) is 3. The van der Waals surface area contributed by atoms with E-state index in [1.165, 1.54) is 0 Å². The smallest absolute Gasteiger partial charge is 0.319 e. The van der Waals surface area contributed by atoms with Crippen LogP contribution in [0.3, 0.4) is 0 Å². The van der Waals surface area contributed by atoms with E-state index in [-0.39, 0.29) is 5.91 Å². The van der Waals surface area contributed by atoms with Crippen molar-refractivity contribution in [3.8, 4) is 22.9 Å². The molecule has 0 radical (unpaired) electrons. The van der Waals surface area contributed by atoms with E-state index in [1.54, 1.807) is 65.6 Å². The first kappa shape index (κ1) is 25.3. The molecule has 3 aromatic heterocycles. The highest BCUT2D eigenvalue weighted by molar-refractivity contribution is 7.98. The second kappa shape index (κ2) is 11.8. The highest BCUT2D eigenvalue weighted by Gasteiger charge is 2.24. The van der Waals surface area contributed by atoms with Crippen molar-refractivity contribution in [2.24, 2.45) is 0 Å². The van der Waals surface area contributed by atoms with Gasteiger partial charge in [0.15, 0.2) is 11.5 Å². The molecule has 0 aliphatic carbocycles. The molecule has 4 aromatic rings. The fourth-order valence-electron chi connectivity index (χ4n) is 3.88. The van der Waals surface area contributed by atoms with Crippen molar-refractivity contribution in [1.29, 1.82) is 0 Å². The summed E-state index contributed by atoms with van der Waals surface area (Å²) in [4.78, 5) is 36.9. The number of hydrogen-bond donors (Lipinski definition) is 2.